The van der Waals surface area contributed by atoms with Crippen LogP contribution in [-0.2, 0) is 10.0 Å². The van der Waals surface area contributed by atoms with Crippen LogP contribution < -0.4 is 0 Å². The van der Waals surface area contributed by atoms with Gasteiger partial charge in [0.05, 0.1) is 4.75 Å². The average molecular weight is 219 g/mol. The van der Waals surface area contributed by atoms with E-state index in [0.29, 0.717) is 5.92 Å². The summed E-state index contributed by atoms with van der Waals surface area (Å²) in [5, 5.41) is 0. The minimum atomic E-state index is -3.13. The molecule has 84 valence electrons. The number of rotatable bonds is 2. The number of hydrogen-bond donors (Lipinski definition) is 0. The first-order valence-corrected chi connectivity index (χ1v) is 6.58. The van der Waals surface area contributed by atoms with Crippen molar-refractivity contribution in [1.82, 2.24) is 4.31 Å². The molecule has 1 saturated carbocycles. The molecule has 1 fully saturated rings. The van der Waals surface area contributed by atoms with Gasteiger partial charge in [-0.15, -0.1) is 0 Å². The number of nitrogens with zero attached hydrogens (tertiary/aromatic N) is 1. The standard InChI is InChI=1S/C10H21NO2S/c1-8-6-9(7-8)11(5)14(12,13)10(2,3)4/h8-9H,6-7H2,1-5H3. The Hall–Kier alpha value is -0.0900. The van der Waals surface area contributed by atoms with Crippen LogP contribution in [0.3, 0.4) is 0 Å². The van der Waals surface area contributed by atoms with Crippen LogP contribution in [0.25, 0.3) is 0 Å². The summed E-state index contributed by atoms with van der Waals surface area (Å²) in [7, 11) is -1.42. The van der Waals surface area contributed by atoms with Gasteiger partial charge < -0.3 is 0 Å². The van der Waals surface area contributed by atoms with E-state index >= 15 is 0 Å². The molecule has 0 aromatic rings. The summed E-state index contributed by atoms with van der Waals surface area (Å²) in [4.78, 5) is 0. The molecule has 0 N–H and O–H groups in total. The zero-order valence-corrected chi connectivity index (χ0v) is 10.6. The van der Waals surface area contributed by atoms with E-state index in [1.54, 1.807) is 32.1 Å². The molecule has 14 heavy (non-hydrogen) atoms. The highest BCUT2D eigenvalue weighted by atomic mass is 32.2. The molecule has 1 rings (SSSR count). The van der Waals surface area contributed by atoms with Crippen molar-refractivity contribution in [3.8, 4) is 0 Å². The molecular weight excluding hydrogens is 198 g/mol. The Morgan fingerprint density at radius 2 is 1.64 bits per heavy atom. The Morgan fingerprint density at radius 1 is 1.21 bits per heavy atom. The van der Waals surface area contributed by atoms with Crippen LogP contribution in [0.2, 0.25) is 0 Å². The summed E-state index contributed by atoms with van der Waals surface area (Å²) in [5.74, 6) is 0.678. The fraction of sp³-hybridized carbons (Fsp3) is 1.00. The lowest BCUT2D eigenvalue weighted by atomic mass is 9.82. The van der Waals surface area contributed by atoms with Gasteiger partial charge in [0.1, 0.15) is 0 Å². The molecule has 0 spiro atoms. The van der Waals surface area contributed by atoms with Gasteiger partial charge in [-0.3, -0.25) is 0 Å². The van der Waals surface area contributed by atoms with Crippen LogP contribution in [0.1, 0.15) is 40.5 Å². The predicted octanol–water partition coefficient (Wildman–Crippen LogP) is 1.85. The maximum atomic E-state index is 12.0. The minimum Gasteiger partial charge on any atom is -0.212 e. The third kappa shape index (κ3) is 1.96. The largest absolute Gasteiger partial charge is 0.219 e. The topological polar surface area (TPSA) is 37.4 Å². The molecular formula is C10H21NO2S. The van der Waals surface area contributed by atoms with Gasteiger partial charge in [0.2, 0.25) is 10.0 Å². The summed E-state index contributed by atoms with van der Waals surface area (Å²) in [5.41, 5.74) is 0. The van der Waals surface area contributed by atoms with Gasteiger partial charge in [-0.25, -0.2) is 12.7 Å². The molecule has 0 aromatic carbocycles. The number of hydrogen-bond acceptors (Lipinski definition) is 2. The van der Waals surface area contributed by atoms with Crippen LogP contribution in [0.5, 0.6) is 0 Å². The van der Waals surface area contributed by atoms with Crippen LogP contribution in [0, 0.1) is 5.92 Å². The van der Waals surface area contributed by atoms with Crippen molar-refractivity contribution >= 4 is 10.0 Å². The second-order valence-corrected chi connectivity index (χ2v) is 8.11. The first kappa shape index (κ1) is 12.0. The van der Waals surface area contributed by atoms with Crippen molar-refractivity contribution in [2.75, 3.05) is 7.05 Å². The molecule has 0 amide bonds. The van der Waals surface area contributed by atoms with E-state index in [4.69, 9.17) is 0 Å². The highest BCUT2D eigenvalue weighted by molar-refractivity contribution is 7.90. The van der Waals surface area contributed by atoms with Crippen LogP contribution in [0.15, 0.2) is 0 Å². The van der Waals surface area contributed by atoms with Gasteiger partial charge in [-0.1, -0.05) is 6.92 Å². The molecule has 0 atom stereocenters. The van der Waals surface area contributed by atoms with Crippen molar-refractivity contribution < 1.29 is 8.42 Å². The average Bonchev–Trinajstić information content (AvgIpc) is 1.95. The monoisotopic (exact) mass is 219 g/mol. The van der Waals surface area contributed by atoms with Crippen molar-refractivity contribution in [2.45, 2.75) is 51.3 Å². The highest BCUT2D eigenvalue weighted by Crippen LogP contribution is 2.34. The third-order valence-electron chi connectivity index (χ3n) is 3.02. The van der Waals surface area contributed by atoms with Gasteiger partial charge in [0.15, 0.2) is 0 Å². The van der Waals surface area contributed by atoms with Crippen molar-refractivity contribution in [1.29, 1.82) is 0 Å². The Morgan fingerprint density at radius 3 is 1.93 bits per heavy atom. The Labute approximate surface area is 87.5 Å². The smallest absolute Gasteiger partial charge is 0.212 e. The SMILES string of the molecule is CC1CC(N(C)S(=O)(=O)C(C)(C)C)C1. The molecule has 0 saturated heterocycles. The molecule has 4 heteroatoms. The molecule has 0 aromatic heterocycles. The predicted molar refractivity (Wildman–Crippen MR) is 58.6 cm³/mol. The first-order valence-electron chi connectivity index (χ1n) is 5.14. The summed E-state index contributed by atoms with van der Waals surface area (Å²) >= 11 is 0. The molecule has 0 heterocycles. The molecule has 1 aliphatic rings. The van der Waals surface area contributed by atoms with E-state index in [0.717, 1.165) is 12.8 Å². The van der Waals surface area contributed by atoms with Gasteiger partial charge in [-0.05, 0) is 39.5 Å². The van der Waals surface area contributed by atoms with Crippen molar-refractivity contribution in [3.05, 3.63) is 0 Å². The lowest BCUT2D eigenvalue weighted by molar-refractivity contribution is 0.176. The van der Waals surface area contributed by atoms with Gasteiger partial charge in [0, 0.05) is 13.1 Å². The first-order chi connectivity index (χ1) is 6.16. The van der Waals surface area contributed by atoms with Gasteiger partial charge in [-0.2, -0.15) is 0 Å². The van der Waals surface area contributed by atoms with Gasteiger partial charge >= 0.3 is 0 Å². The number of sulfonamides is 1. The van der Waals surface area contributed by atoms with E-state index < -0.39 is 14.8 Å². The van der Waals surface area contributed by atoms with Gasteiger partial charge in [0.25, 0.3) is 0 Å². The van der Waals surface area contributed by atoms with Crippen LogP contribution in [-0.4, -0.2) is 30.6 Å². The lowest BCUT2D eigenvalue weighted by Gasteiger charge is -2.41. The van der Waals surface area contributed by atoms with E-state index in [1.165, 1.54) is 0 Å². The van der Waals surface area contributed by atoms with E-state index in [-0.39, 0.29) is 6.04 Å². The zero-order valence-electron chi connectivity index (χ0n) is 9.74. The molecule has 0 radical (unpaired) electrons. The highest BCUT2D eigenvalue weighted by Gasteiger charge is 2.40. The molecule has 3 nitrogen and oxygen atoms in total. The zero-order chi connectivity index (χ0) is 11.1. The summed E-state index contributed by atoms with van der Waals surface area (Å²) in [6, 6.07) is 0.231. The third-order valence-corrected chi connectivity index (χ3v) is 5.62. The van der Waals surface area contributed by atoms with Crippen LogP contribution >= 0.6 is 0 Å². The maximum Gasteiger partial charge on any atom is 0.219 e. The molecule has 0 bridgehead atoms. The van der Waals surface area contributed by atoms with E-state index in [9.17, 15) is 8.42 Å². The quantitative estimate of drug-likeness (QED) is 0.710. The summed E-state index contributed by atoms with van der Waals surface area (Å²) in [6.07, 6.45) is 2.01. The molecule has 0 unspecified atom stereocenters. The summed E-state index contributed by atoms with van der Waals surface area (Å²) in [6.45, 7) is 7.41. The maximum absolute atomic E-state index is 12.0. The Kier molecular flexibility index (Phi) is 2.99. The fourth-order valence-electron chi connectivity index (χ4n) is 1.79. The second kappa shape index (κ2) is 3.49. The van der Waals surface area contributed by atoms with Crippen LogP contribution in [0.4, 0.5) is 0 Å². The lowest BCUT2D eigenvalue weighted by Crippen LogP contribution is -2.50. The van der Waals surface area contributed by atoms with E-state index in [2.05, 4.69) is 6.92 Å². The normalized spacial score (nSPS) is 29.0. The summed E-state index contributed by atoms with van der Waals surface area (Å²) < 4.78 is 24.9. The van der Waals surface area contributed by atoms with Crippen molar-refractivity contribution in [3.63, 3.8) is 0 Å². The Bertz CT molecular complexity index is 297. The van der Waals surface area contributed by atoms with E-state index in [1.807, 2.05) is 0 Å². The molecule has 0 aliphatic heterocycles. The Balaban J connectivity index is 2.75. The fourth-order valence-corrected chi connectivity index (χ4v) is 3.21. The second-order valence-electron chi connectivity index (χ2n) is 5.36. The molecule has 1 aliphatic carbocycles. The minimum absolute atomic E-state index is 0.231. The van der Waals surface area contributed by atoms with Crippen molar-refractivity contribution in [2.24, 2.45) is 5.92 Å².